The van der Waals surface area contributed by atoms with Crippen molar-refractivity contribution >= 4 is 35.0 Å². The second-order valence-electron chi connectivity index (χ2n) is 10.8. The lowest BCUT2D eigenvalue weighted by Crippen LogP contribution is -2.57. The molecule has 2 aromatic heterocycles. The Hall–Kier alpha value is -3.92. The van der Waals surface area contributed by atoms with Crippen LogP contribution in [0.25, 0.3) is 28.1 Å². The van der Waals surface area contributed by atoms with Gasteiger partial charge in [0, 0.05) is 69.9 Å². The lowest BCUT2D eigenvalue weighted by molar-refractivity contribution is 0.0536. The van der Waals surface area contributed by atoms with E-state index in [0.717, 1.165) is 27.9 Å². The predicted molar refractivity (Wildman–Crippen MR) is 163 cm³/mol. The summed E-state index contributed by atoms with van der Waals surface area (Å²) in [6.45, 7) is 5.52. The Bertz CT molecular complexity index is 1710. The second-order valence-corrected chi connectivity index (χ2v) is 11.7. The minimum atomic E-state index is -0.570. The quantitative estimate of drug-likeness (QED) is 0.333. The zero-order chi connectivity index (χ0) is 29.7. The van der Waals surface area contributed by atoms with E-state index in [2.05, 4.69) is 10.3 Å². The van der Waals surface area contributed by atoms with Crippen molar-refractivity contribution in [1.82, 2.24) is 25.0 Å². The number of methoxy groups -OCH3 is 1. The first kappa shape index (κ1) is 28.2. The molecule has 2 aromatic carbocycles. The molecule has 9 nitrogen and oxygen atoms in total. The number of primary amides is 1. The van der Waals surface area contributed by atoms with E-state index in [0.29, 0.717) is 64.2 Å². The maximum Gasteiger partial charge on any atom is 0.275 e. The van der Waals surface area contributed by atoms with Crippen molar-refractivity contribution in [3.8, 4) is 33.8 Å². The molecular formula is C31H30Cl2N6O3. The zero-order valence-corrected chi connectivity index (χ0v) is 25.0. The number of hydrogen-bond acceptors (Lipinski definition) is 6. The van der Waals surface area contributed by atoms with Crippen molar-refractivity contribution < 1.29 is 14.3 Å². The molecule has 0 radical (unpaired) electrons. The molecule has 4 aromatic rings. The summed E-state index contributed by atoms with van der Waals surface area (Å²) in [5, 5.41) is 9.26. The molecule has 2 atom stereocenters. The number of aryl methyl sites for hydroxylation is 1. The smallest absolute Gasteiger partial charge is 0.275 e. The molecule has 1 saturated heterocycles. The fraction of sp³-hybridized carbons (Fsp3) is 0.290. The second kappa shape index (κ2) is 11.1. The van der Waals surface area contributed by atoms with E-state index in [-0.39, 0.29) is 18.0 Å². The van der Waals surface area contributed by atoms with E-state index in [9.17, 15) is 9.59 Å². The fourth-order valence-electron chi connectivity index (χ4n) is 6.06. The third kappa shape index (κ3) is 4.91. The molecule has 2 amide bonds. The Balaban J connectivity index is 1.59. The van der Waals surface area contributed by atoms with Crippen LogP contribution in [0, 0.1) is 0 Å². The van der Waals surface area contributed by atoms with E-state index in [1.54, 1.807) is 42.3 Å². The molecule has 2 unspecified atom stereocenters. The van der Waals surface area contributed by atoms with Gasteiger partial charge in [0.15, 0.2) is 5.69 Å². The summed E-state index contributed by atoms with van der Waals surface area (Å²) < 4.78 is 7.55. The number of hydrogen-bond donors (Lipinski definition) is 2. The summed E-state index contributed by atoms with van der Waals surface area (Å²) in [5.41, 5.74) is 11.9. The maximum atomic E-state index is 14.2. The Morgan fingerprint density at radius 1 is 0.976 bits per heavy atom. The topological polar surface area (TPSA) is 115 Å². The number of fused-ring (bicyclic) bond motifs is 3. The number of carbonyl (C=O) groups is 2. The van der Waals surface area contributed by atoms with Gasteiger partial charge in [-0.3, -0.25) is 14.6 Å². The highest BCUT2D eigenvalue weighted by Gasteiger charge is 2.36. The van der Waals surface area contributed by atoms with E-state index in [1.807, 2.05) is 30.9 Å². The molecule has 6 rings (SSSR count). The molecule has 11 heteroatoms. The largest absolute Gasteiger partial charge is 0.496 e. The van der Waals surface area contributed by atoms with Gasteiger partial charge < -0.3 is 20.7 Å². The zero-order valence-electron chi connectivity index (χ0n) is 23.4. The normalized spacial score (nSPS) is 17.9. The third-order valence-electron chi connectivity index (χ3n) is 8.00. The van der Waals surface area contributed by atoms with Crippen molar-refractivity contribution in [2.24, 2.45) is 5.73 Å². The standard InChI is InChI=1S/C31H30Cl2N6O3/c1-16-12-35-13-17(2)38(16)31(41)28-24-5-4-18-7-27(42-3)25(19-6-20(30(34)40)15-36-14-19)11-26(18)29(24)39(37-28)23-9-21(32)8-22(33)10-23/h6-11,14-17,35H,4-5,12-13H2,1-3H3,(H2,34,40). The molecule has 1 aliphatic heterocycles. The summed E-state index contributed by atoms with van der Waals surface area (Å²) in [5.74, 6) is -0.0357. The van der Waals surface area contributed by atoms with Crippen LogP contribution in [0.15, 0.2) is 48.8 Å². The Kier molecular flexibility index (Phi) is 7.43. The highest BCUT2D eigenvalue weighted by molar-refractivity contribution is 6.34. The molecule has 2 aliphatic rings. The van der Waals surface area contributed by atoms with Gasteiger partial charge in [-0.15, -0.1) is 0 Å². The molecular weight excluding hydrogens is 575 g/mol. The van der Waals surface area contributed by atoms with Crippen molar-refractivity contribution in [3.63, 3.8) is 0 Å². The van der Waals surface area contributed by atoms with Gasteiger partial charge in [-0.25, -0.2) is 4.68 Å². The monoisotopic (exact) mass is 604 g/mol. The van der Waals surface area contributed by atoms with Crippen molar-refractivity contribution in [2.75, 3.05) is 20.2 Å². The molecule has 42 heavy (non-hydrogen) atoms. The van der Waals surface area contributed by atoms with Crippen LogP contribution in [0.5, 0.6) is 5.75 Å². The van der Waals surface area contributed by atoms with Gasteiger partial charge in [0.1, 0.15) is 5.75 Å². The summed E-state index contributed by atoms with van der Waals surface area (Å²) in [4.78, 5) is 32.2. The number of benzene rings is 2. The van der Waals surface area contributed by atoms with Crippen molar-refractivity contribution in [2.45, 2.75) is 38.8 Å². The maximum absolute atomic E-state index is 14.2. The minimum Gasteiger partial charge on any atom is -0.496 e. The first-order valence-corrected chi connectivity index (χ1v) is 14.5. The summed E-state index contributed by atoms with van der Waals surface area (Å²) in [6.07, 6.45) is 4.40. The SMILES string of the molecule is COc1cc2c(cc1-c1cncc(C(N)=O)c1)-c1c(c(C(=O)N3C(C)CNCC3C)nn1-c1cc(Cl)cc(Cl)c1)CC2. The average Bonchev–Trinajstić information content (AvgIpc) is 3.36. The number of piperazine rings is 1. The lowest BCUT2D eigenvalue weighted by Gasteiger charge is -2.39. The van der Waals surface area contributed by atoms with Gasteiger partial charge in [0.05, 0.1) is 24.1 Å². The van der Waals surface area contributed by atoms with Gasteiger partial charge >= 0.3 is 0 Å². The number of nitrogens with two attached hydrogens (primary N) is 1. The Morgan fingerprint density at radius 3 is 2.36 bits per heavy atom. The first-order chi connectivity index (χ1) is 20.2. The molecule has 0 bridgehead atoms. The fourth-order valence-corrected chi connectivity index (χ4v) is 6.58. The lowest BCUT2D eigenvalue weighted by atomic mass is 9.86. The number of carbonyl (C=O) groups excluding carboxylic acids is 2. The van der Waals surface area contributed by atoms with Crippen LogP contribution in [-0.2, 0) is 12.8 Å². The third-order valence-corrected chi connectivity index (χ3v) is 8.44. The molecule has 1 aliphatic carbocycles. The summed E-state index contributed by atoms with van der Waals surface area (Å²) >= 11 is 12.9. The predicted octanol–water partition coefficient (Wildman–Crippen LogP) is 4.94. The Morgan fingerprint density at radius 2 is 1.69 bits per heavy atom. The summed E-state index contributed by atoms with van der Waals surface area (Å²) in [7, 11) is 1.61. The van der Waals surface area contributed by atoms with Crippen molar-refractivity contribution in [1.29, 1.82) is 0 Å². The molecule has 0 saturated carbocycles. The first-order valence-electron chi connectivity index (χ1n) is 13.7. The van der Waals surface area contributed by atoms with Crippen LogP contribution in [0.3, 0.4) is 0 Å². The highest BCUT2D eigenvalue weighted by atomic mass is 35.5. The van der Waals surface area contributed by atoms with Crippen LogP contribution in [-0.4, -0.2) is 63.8 Å². The van der Waals surface area contributed by atoms with Crippen LogP contribution in [0.4, 0.5) is 0 Å². The van der Waals surface area contributed by atoms with Gasteiger partial charge in [-0.1, -0.05) is 23.2 Å². The molecule has 3 N–H and O–H groups in total. The molecule has 0 spiro atoms. The number of nitrogens with zero attached hydrogens (tertiary/aromatic N) is 4. The highest BCUT2D eigenvalue weighted by Crippen LogP contribution is 2.43. The van der Waals surface area contributed by atoms with E-state index < -0.39 is 5.91 Å². The number of aromatic nitrogens is 3. The van der Waals surface area contributed by atoms with Crippen LogP contribution < -0.4 is 15.8 Å². The van der Waals surface area contributed by atoms with E-state index in [1.165, 1.54) is 6.20 Å². The minimum absolute atomic E-state index is 0.0134. The molecule has 1 fully saturated rings. The number of rotatable bonds is 5. The number of amides is 2. The van der Waals surface area contributed by atoms with Crippen LogP contribution in [0.2, 0.25) is 10.0 Å². The van der Waals surface area contributed by atoms with Gasteiger partial charge in [-0.05, 0) is 68.7 Å². The van der Waals surface area contributed by atoms with Gasteiger partial charge in [-0.2, -0.15) is 5.10 Å². The van der Waals surface area contributed by atoms with Gasteiger partial charge in [0.25, 0.3) is 5.91 Å². The number of pyridine rings is 1. The number of nitrogens with one attached hydrogen (secondary N) is 1. The van der Waals surface area contributed by atoms with Crippen LogP contribution in [0.1, 0.15) is 45.8 Å². The molecule has 3 heterocycles. The van der Waals surface area contributed by atoms with E-state index in [4.69, 9.17) is 38.8 Å². The van der Waals surface area contributed by atoms with E-state index >= 15 is 0 Å². The number of halogens is 2. The number of ether oxygens (including phenoxy) is 1. The Labute approximate surface area is 253 Å². The van der Waals surface area contributed by atoms with Gasteiger partial charge in [0.2, 0.25) is 5.91 Å². The van der Waals surface area contributed by atoms with Crippen molar-refractivity contribution in [3.05, 3.63) is 81.2 Å². The molecule has 216 valence electrons. The average molecular weight is 606 g/mol. The summed E-state index contributed by atoms with van der Waals surface area (Å²) in [6, 6.07) is 10.9. The van der Waals surface area contributed by atoms with Crippen LogP contribution >= 0.6 is 23.2 Å².